The molecule has 6 heteroatoms. The molecule has 0 aliphatic carbocycles. The summed E-state index contributed by atoms with van der Waals surface area (Å²) >= 11 is 0. The van der Waals surface area contributed by atoms with E-state index in [4.69, 9.17) is 10.2 Å². The van der Waals surface area contributed by atoms with Gasteiger partial charge in [-0.25, -0.2) is 0 Å². The molecule has 26 heavy (non-hydrogen) atoms. The van der Waals surface area contributed by atoms with Gasteiger partial charge in [-0.1, -0.05) is 0 Å². The minimum Gasteiger partial charge on any atom is -0.508 e. The number of aryl methyl sites for hydroxylation is 1. The van der Waals surface area contributed by atoms with Gasteiger partial charge in [-0.3, -0.25) is 4.79 Å². The topological polar surface area (TPSA) is 117 Å². The number of rotatable bonds is 4. The summed E-state index contributed by atoms with van der Waals surface area (Å²) in [5, 5.41) is 29.8. The first-order valence-corrected chi connectivity index (χ1v) is 8.26. The van der Waals surface area contributed by atoms with Gasteiger partial charge >= 0.3 is 0 Å². The lowest BCUT2D eigenvalue weighted by atomic mass is 9.94. The van der Waals surface area contributed by atoms with Crippen molar-refractivity contribution >= 4 is 11.0 Å². The lowest BCUT2D eigenvalue weighted by Gasteiger charge is -2.19. The molecule has 0 amide bonds. The first-order chi connectivity index (χ1) is 12.2. The third-order valence-electron chi connectivity index (χ3n) is 4.23. The molecule has 0 saturated carbocycles. The summed E-state index contributed by atoms with van der Waals surface area (Å²) in [7, 11) is 0. The number of hydrogen-bond acceptors (Lipinski definition) is 6. The molecule has 0 fully saturated rings. The van der Waals surface area contributed by atoms with Crippen LogP contribution in [0.3, 0.4) is 0 Å². The third kappa shape index (κ3) is 3.50. The van der Waals surface area contributed by atoms with Gasteiger partial charge in [-0.2, -0.15) is 0 Å². The summed E-state index contributed by atoms with van der Waals surface area (Å²) in [5.41, 5.74) is 6.30. The van der Waals surface area contributed by atoms with E-state index < -0.39 is 11.0 Å². The van der Waals surface area contributed by atoms with Crippen molar-refractivity contribution < 1.29 is 19.7 Å². The third-order valence-corrected chi connectivity index (χ3v) is 4.23. The maximum absolute atomic E-state index is 12.5. The largest absolute Gasteiger partial charge is 0.508 e. The minimum absolute atomic E-state index is 0.0233. The van der Waals surface area contributed by atoms with E-state index in [1.807, 2.05) is 13.8 Å². The zero-order valence-corrected chi connectivity index (χ0v) is 14.6. The molecule has 0 radical (unpaired) electrons. The Morgan fingerprint density at radius 1 is 1.04 bits per heavy atom. The number of phenols is 3. The van der Waals surface area contributed by atoms with Crippen LogP contribution in [0, 0.1) is 0 Å². The highest BCUT2D eigenvalue weighted by molar-refractivity contribution is 5.89. The van der Waals surface area contributed by atoms with E-state index >= 15 is 0 Å². The van der Waals surface area contributed by atoms with Gasteiger partial charge in [0.25, 0.3) is 0 Å². The van der Waals surface area contributed by atoms with E-state index in [1.165, 1.54) is 18.2 Å². The van der Waals surface area contributed by atoms with Crippen LogP contribution in [0.25, 0.3) is 22.3 Å². The first kappa shape index (κ1) is 17.8. The Morgan fingerprint density at radius 3 is 2.31 bits per heavy atom. The summed E-state index contributed by atoms with van der Waals surface area (Å²) < 4.78 is 5.88. The number of nitrogens with two attached hydrogens (primary N) is 1. The maximum Gasteiger partial charge on any atom is 0.197 e. The van der Waals surface area contributed by atoms with E-state index in [0.717, 1.165) is 6.07 Å². The first-order valence-electron chi connectivity index (χ1n) is 8.26. The zero-order valence-electron chi connectivity index (χ0n) is 14.6. The molecule has 3 aromatic rings. The van der Waals surface area contributed by atoms with Crippen molar-refractivity contribution in [2.24, 2.45) is 5.73 Å². The van der Waals surface area contributed by atoms with E-state index in [-0.39, 0.29) is 34.0 Å². The van der Waals surface area contributed by atoms with Crippen molar-refractivity contribution in [2.45, 2.75) is 32.2 Å². The Labute approximate surface area is 150 Å². The fraction of sp³-hybridized carbons (Fsp3) is 0.250. The van der Waals surface area contributed by atoms with Crippen LogP contribution >= 0.6 is 0 Å². The van der Waals surface area contributed by atoms with Crippen LogP contribution in [0.15, 0.2) is 45.6 Å². The fourth-order valence-electron chi connectivity index (χ4n) is 2.81. The number of phenolic OH excluding ortho intramolecular Hbond substituents is 3. The molecule has 1 aromatic heterocycles. The highest BCUT2D eigenvalue weighted by Gasteiger charge is 2.20. The Kier molecular flexibility index (Phi) is 4.38. The van der Waals surface area contributed by atoms with Crippen molar-refractivity contribution in [1.82, 2.24) is 0 Å². The van der Waals surface area contributed by atoms with Crippen LogP contribution in [0.4, 0.5) is 0 Å². The lowest BCUT2D eigenvalue weighted by molar-refractivity contribution is 0.436. The number of hydrogen-bond donors (Lipinski definition) is 4. The predicted octanol–water partition coefficient (Wildman–Crippen LogP) is 3.25. The van der Waals surface area contributed by atoms with Gasteiger partial charge in [-0.05, 0) is 51.0 Å². The minimum atomic E-state index is -0.467. The molecule has 5 N–H and O–H groups in total. The Hall–Kier alpha value is -2.99. The second-order valence-electron chi connectivity index (χ2n) is 7.11. The zero-order chi connectivity index (χ0) is 19.1. The quantitative estimate of drug-likeness (QED) is 0.571. The van der Waals surface area contributed by atoms with E-state index in [9.17, 15) is 20.1 Å². The lowest BCUT2D eigenvalue weighted by Crippen LogP contribution is -2.32. The number of aromatic hydroxyl groups is 3. The molecule has 2 aromatic carbocycles. The molecule has 3 rings (SSSR count). The molecule has 1 heterocycles. The maximum atomic E-state index is 12.5. The number of benzene rings is 2. The van der Waals surface area contributed by atoms with Crippen molar-refractivity contribution in [3.8, 4) is 28.6 Å². The second-order valence-corrected chi connectivity index (χ2v) is 7.11. The van der Waals surface area contributed by atoms with Crippen molar-refractivity contribution in [2.75, 3.05) is 0 Å². The van der Waals surface area contributed by atoms with Crippen molar-refractivity contribution in [3.05, 3.63) is 52.2 Å². The Bertz CT molecular complexity index is 1010. The average Bonchev–Trinajstić information content (AvgIpc) is 2.53. The van der Waals surface area contributed by atoms with Crippen LogP contribution in [0.2, 0.25) is 0 Å². The Morgan fingerprint density at radius 2 is 1.69 bits per heavy atom. The van der Waals surface area contributed by atoms with E-state index in [1.54, 1.807) is 12.1 Å². The molecule has 0 aliphatic heterocycles. The van der Waals surface area contributed by atoms with Crippen LogP contribution in [-0.4, -0.2) is 20.9 Å². The standard InChI is InChI=1S/C20H21NO5/c1-20(2,21)8-7-13-14(23)9-15(24)18-16(25)10-17(26-19(13)18)11-3-5-12(22)6-4-11/h3-6,9-10,22-24H,7-8,21H2,1-2H3. The molecule has 0 saturated heterocycles. The summed E-state index contributed by atoms with van der Waals surface area (Å²) in [5.74, 6) is -0.108. The molecule has 136 valence electrons. The summed E-state index contributed by atoms with van der Waals surface area (Å²) in [6, 6.07) is 8.63. The summed E-state index contributed by atoms with van der Waals surface area (Å²) in [4.78, 5) is 12.5. The summed E-state index contributed by atoms with van der Waals surface area (Å²) in [6.07, 6.45) is 0.932. The molecular weight excluding hydrogens is 334 g/mol. The molecule has 0 spiro atoms. The number of fused-ring (bicyclic) bond motifs is 1. The molecule has 0 atom stereocenters. The normalized spacial score (nSPS) is 11.8. The van der Waals surface area contributed by atoms with Gasteiger partial charge in [0.2, 0.25) is 0 Å². The summed E-state index contributed by atoms with van der Waals surface area (Å²) in [6.45, 7) is 3.73. The van der Waals surface area contributed by atoms with Crippen molar-refractivity contribution in [1.29, 1.82) is 0 Å². The molecular formula is C20H21NO5. The molecule has 0 unspecified atom stereocenters. The smallest absolute Gasteiger partial charge is 0.197 e. The fourth-order valence-corrected chi connectivity index (χ4v) is 2.81. The molecule has 0 bridgehead atoms. The molecule has 6 nitrogen and oxygen atoms in total. The Balaban J connectivity index is 2.23. The van der Waals surface area contributed by atoms with Crippen LogP contribution in [-0.2, 0) is 6.42 Å². The van der Waals surface area contributed by atoms with Crippen LogP contribution in [0.5, 0.6) is 17.2 Å². The monoisotopic (exact) mass is 355 g/mol. The van der Waals surface area contributed by atoms with Gasteiger partial charge in [0.1, 0.15) is 34.0 Å². The highest BCUT2D eigenvalue weighted by atomic mass is 16.3. The van der Waals surface area contributed by atoms with Gasteiger partial charge in [-0.15, -0.1) is 0 Å². The van der Waals surface area contributed by atoms with Crippen LogP contribution < -0.4 is 11.2 Å². The van der Waals surface area contributed by atoms with Crippen molar-refractivity contribution in [3.63, 3.8) is 0 Å². The van der Waals surface area contributed by atoms with Gasteiger partial charge in [0.15, 0.2) is 5.43 Å². The van der Waals surface area contributed by atoms with E-state index in [0.29, 0.717) is 24.0 Å². The molecule has 0 aliphatic rings. The van der Waals surface area contributed by atoms with Gasteiger partial charge in [0, 0.05) is 28.8 Å². The average molecular weight is 355 g/mol. The van der Waals surface area contributed by atoms with Gasteiger partial charge in [0.05, 0.1) is 0 Å². The predicted molar refractivity (Wildman–Crippen MR) is 99.5 cm³/mol. The SMILES string of the molecule is CC(C)(N)CCc1c(O)cc(O)c2c(=O)cc(-c3ccc(O)cc3)oc12. The van der Waals surface area contributed by atoms with Crippen LogP contribution in [0.1, 0.15) is 25.8 Å². The van der Waals surface area contributed by atoms with Gasteiger partial charge < -0.3 is 25.5 Å². The highest BCUT2D eigenvalue weighted by Crippen LogP contribution is 2.36. The van der Waals surface area contributed by atoms with E-state index in [2.05, 4.69) is 0 Å². The second kappa shape index (κ2) is 6.38.